The molecule has 0 spiro atoms. The third-order valence-electron chi connectivity index (χ3n) is 3.02. The Morgan fingerprint density at radius 2 is 2.16 bits per heavy atom. The first-order valence-corrected chi connectivity index (χ1v) is 6.53. The molecule has 19 heavy (non-hydrogen) atoms. The van der Waals surface area contributed by atoms with Crippen LogP contribution in [-0.2, 0) is 4.74 Å². The topological polar surface area (TPSA) is 77.8 Å². The second-order valence-corrected chi connectivity index (χ2v) is 4.70. The predicted molar refractivity (Wildman–Crippen MR) is 73.6 cm³/mol. The fraction of sp³-hybridized carbons (Fsp3) is 0.615. The first kappa shape index (κ1) is 14.0. The molecule has 0 aliphatic carbocycles. The van der Waals surface area contributed by atoms with E-state index in [2.05, 4.69) is 15.2 Å². The molecule has 0 aromatic carbocycles. The van der Waals surface area contributed by atoms with Gasteiger partial charge in [-0.3, -0.25) is 0 Å². The highest BCUT2D eigenvalue weighted by Gasteiger charge is 2.13. The van der Waals surface area contributed by atoms with Crippen molar-refractivity contribution in [2.75, 3.05) is 49.7 Å². The van der Waals surface area contributed by atoms with Gasteiger partial charge in [-0.2, -0.15) is 0 Å². The zero-order valence-corrected chi connectivity index (χ0v) is 11.2. The van der Waals surface area contributed by atoms with Gasteiger partial charge in [-0.1, -0.05) is 0 Å². The van der Waals surface area contributed by atoms with Crippen molar-refractivity contribution in [1.29, 1.82) is 0 Å². The lowest BCUT2D eigenvalue weighted by molar-refractivity contribution is 0.105. The Labute approximate surface area is 113 Å². The van der Waals surface area contributed by atoms with Gasteiger partial charge in [0.25, 0.3) is 0 Å². The molecule has 1 aromatic rings. The summed E-state index contributed by atoms with van der Waals surface area (Å²) in [7, 11) is 0. The van der Waals surface area contributed by atoms with Crippen molar-refractivity contribution in [3.63, 3.8) is 0 Å². The molecule has 0 amide bonds. The van der Waals surface area contributed by atoms with Gasteiger partial charge in [0.2, 0.25) is 0 Å². The van der Waals surface area contributed by atoms with Crippen molar-refractivity contribution in [3.8, 4) is 0 Å². The van der Waals surface area contributed by atoms with Crippen molar-refractivity contribution in [2.45, 2.75) is 13.0 Å². The molecular weight excluding hydrogens is 246 g/mol. The van der Waals surface area contributed by atoms with Crippen LogP contribution in [-0.4, -0.2) is 60.8 Å². The molecule has 3 N–H and O–H groups in total. The molecule has 0 radical (unpaired) electrons. The van der Waals surface area contributed by atoms with Crippen LogP contribution in [0.1, 0.15) is 5.56 Å². The van der Waals surface area contributed by atoms with E-state index < -0.39 is 6.10 Å². The summed E-state index contributed by atoms with van der Waals surface area (Å²) in [5.41, 5.74) is 1.11. The molecule has 1 aromatic heterocycles. The molecule has 6 nitrogen and oxygen atoms in total. The van der Waals surface area contributed by atoms with E-state index in [1.807, 2.05) is 19.1 Å². The monoisotopic (exact) mass is 267 g/mol. The number of pyridine rings is 1. The maximum Gasteiger partial charge on any atom is 0.131 e. The van der Waals surface area contributed by atoms with Gasteiger partial charge in [-0.15, -0.1) is 0 Å². The first-order chi connectivity index (χ1) is 9.19. The maximum absolute atomic E-state index is 9.34. The molecule has 1 aliphatic heterocycles. The van der Waals surface area contributed by atoms with Crippen molar-refractivity contribution >= 4 is 11.6 Å². The number of rotatable bonds is 5. The molecule has 1 saturated heterocycles. The van der Waals surface area contributed by atoms with Crippen LogP contribution in [0.3, 0.4) is 0 Å². The van der Waals surface area contributed by atoms with Crippen LogP contribution in [0.4, 0.5) is 11.6 Å². The van der Waals surface area contributed by atoms with Crippen molar-refractivity contribution in [2.24, 2.45) is 0 Å². The summed E-state index contributed by atoms with van der Waals surface area (Å²) in [5, 5.41) is 21.2. The normalized spacial score (nSPS) is 17.3. The van der Waals surface area contributed by atoms with E-state index in [1.54, 1.807) is 0 Å². The number of aryl methyl sites for hydroxylation is 1. The summed E-state index contributed by atoms with van der Waals surface area (Å²) < 4.78 is 5.33. The number of ether oxygens (including phenoxy) is 1. The van der Waals surface area contributed by atoms with E-state index >= 15 is 0 Å². The zero-order valence-electron chi connectivity index (χ0n) is 11.2. The van der Waals surface area contributed by atoms with Crippen LogP contribution in [0, 0.1) is 6.92 Å². The Hall–Kier alpha value is -1.37. The number of nitrogens with zero attached hydrogens (tertiary/aromatic N) is 2. The van der Waals surface area contributed by atoms with Crippen molar-refractivity contribution < 1.29 is 14.9 Å². The molecule has 1 fully saturated rings. The quantitative estimate of drug-likeness (QED) is 0.696. The third-order valence-corrected chi connectivity index (χ3v) is 3.02. The van der Waals surface area contributed by atoms with Gasteiger partial charge in [0.05, 0.1) is 25.9 Å². The van der Waals surface area contributed by atoms with E-state index in [1.165, 1.54) is 0 Å². The van der Waals surface area contributed by atoms with E-state index in [-0.39, 0.29) is 13.2 Å². The Morgan fingerprint density at radius 3 is 2.84 bits per heavy atom. The fourth-order valence-corrected chi connectivity index (χ4v) is 1.98. The highest BCUT2D eigenvalue weighted by Crippen LogP contribution is 2.18. The Balaban J connectivity index is 2.05. The lowest BCUT2D eigenvalue weighted by Gasteiger charge is -2.28. The summed E-state index contributed by atoms with van der Waals surface area (Å²) in [6.45, 7) is 5.18. The van der Waals surface area contributed by atoms with Gasteiger partial charge in [0, 0.05) is 19.6 Å². The SMILES string of the molecule is Cc1cc(NC[C@H](O)CO)nc(N2CCOCC2)c1. The lowest BCUT2D eigenvalue weighted by Crippen LogP contribution is -2.37. The molecule has 6 heteroatoms. The molecular formula is C13H21N3O3. The molecule has 2 rings (SSSR count). The van der Waals surface area contributed by atoms with E-state index in [4.69, 9.17) is 9.84 Å². The second kappa shape index (κ2) is 6.70. The highest BCUT2D eigenvalue weighted by atomic mass is 16.5. The second-order valence-electron chi connectivity index (χ2n) is 4.70. The summed E-state index contributed by atoms with van der Waals surface area (Å²) >= 11 is 0. The Bertz CT molecular complexity index is 408. The van der Waals surface area contributed by atoms with Gasteiger partial charge < -0.3 is 25.2 Å². The molecule has 0 saturated carbocycles. The molecule has 106 valence electrons. The van der Waals surface area contributed by atoms with Crippen LogP contribution in [0.2, 0.25) is 0 Å². The third kappa shape index (κ3) is 4.05. The molecule has 1 aliphatic rings. The summed E-state index contributed by atoms with van der Waals surface area (Å²) in [5.74, 6) is 1.64. The minimum Gasteiger partial charge on any atom is -0.394 e. The van der Waals surface area contributed by atoms with Gasteiger partial charge in [0.1, 0.15) is 11.6 Å². The largest absolute Gasteiger partial charge is 0.394 e. The average molecular weight is 267 g/mol. The van der Waals surface area contributed by atoms with Crippen LogP contribution in [0.25, 0.3) is 0 Å². The molecule has 2 heterocycles. The van der Waals surface area contributed by atoms with Crippen LogP contribution < -0.4 is 10.2 Å². The van der Waals surface area contributed by atoms with Crippen molar-refractivity contribution in [1.82, 2.24) is 4.98 Å². The number of nitrogens with one attached hydrogen (secondary N) is 1. The zero-order chi connectivity index (χ0) is 13.7. The number of anilines is 2. The number of morpholine rings is 1. The smallest absolute Gasteiger partial charge is 0.131 e. The van der Waals surface area contributed by atoms with Gasteiger partial charge in [0.15, 0.2) is 0 Å². The average Bonchev–Trinajstić information content (AvgIpc) is 2.45. The number of aromatic nitrogens is 1. The number of aliphatic hydroxyl groups excluding tert-OH is 2. The van der Waals surface area contributed by atoms with E-state index in [0.717, 1.165) is 37.7 Å². The number of hydrogen-bond acceptors (Lipinski definition) is 6. The van der Waals surface area contributed by atoms with Gasteiger partial charge in [-0.05, 0) is 24.6 Å². The molecule has 0 bridgehead atoms. The van der Waals surface area contributed by atoms with E-state index in [9.17, 15) is 5.11 Å². The number of hydrogen-bond donors (Lipinski definition) is 3. The Morgan fingerprint density at radius 1 is 1.42 bits per heavy atom. The maximum atomic E-state index is 9.34. The van der Waals surface area contributed by atoms with E-state index in [0.29, 0.717) is 5.82 Å². The Kier molecular flexibility index (Phi) is 4.95. The lowest BCUT2D eigenvalue weighted by atomic mass is 10.2. The predicted octanol–water partition coefficient (Wildman–Crippen LogP) is -0.00828. The summed E-state index contributed by atoms with van der Waals surface area (Å²) in [4.78, 5) is 6.71. The summed E-state index contributed by atoms with van der Waals surface area (Å²) in [6, 6.07) is 3.97. The minimum atomic E-state index is -0.769. The highest BCUT2D eigenvalue weighted by molar-refractivity contribution is 5.50. The van der Waals surface area contributed by atoms with Gasteiger partial charge in [-0.25, -0.2) is 4.98 Å². The summed E-state index contributed by atoms with van der Waals surface area (Å²) in [6.07, 6.45) is -0.769. The standard InChI is InChI=1S/C13H21N3O3/c1-10-6-12(14-8-11(18)9-17)15-13(7-10)16-2-4-19-5-3-16/h6-7,11,17-18H,2-5,8-9H2,1H3,(H,14,15)/t11-/m0/s1. The van der Waals surface area contributed by atoms with Crippen LogP contribution in [0.15, 0.2) is 12.1 Å². The van der Waals surface area contributed by atoms with Crippen LogP contribution >= 0.6 is 0 Å². The van der Waals surface area contributed by atoms with Crippen molar-refractivity contribution in [3.05, 3.63) is 17.7 Å². The molecule has 0 unspecified atom stereocenters. The van der Waals surface area contributed by atoms with Crippen LogP contribution in [0.5, 0.6) is 0 Å². The fourth-order valence-electron chi connectivity index (χ4n) is 1.98. The molecule has 1 atom stereocenters. The van der Waals surface area contributed by atoms with Gasteiger partial charge >= 0.3 is 0 Å². The minimum absolute atomic E-state index is 0.255. The first-order valence-electron chi connectivity index (χ1n) is 6.53. The number of aliphatic hydroxyl groups is 2.